The molecule has 1 aliphatic rings. The lowest BCUT2D eigenvalue weighted by atomic mass is 9.79. The fraction of sp³-hybridized carbons (Fsp3) is 0.0492. The van der Waals surface area contributed by atoms with Gasteiger partial charge in [-0.25, -0.2) is 0 Å². The molecule has 0 bridgehead atoms. The predicted molar refractivity (Wildman–Crippen MR) is 263 cm³/mol. The van der Waals surface area contributed by atoms with E-state index in [2.05, 4.69) is 147 Å². The predicted octanol–water partition coefficient (Wildman–Crippen LogP) is 17.0. The van der Waals surface area contributed by atoms with Gasteiger partial charge < -0.3 is 4.90 Å². The first-order valence-corrected chi connectivity index (χ1v) is 21.3. The van der Waals surface area contributed by atoms with Crippen LogP contribution in [-0.4, -0.2) is 0 Å². The third-order valence-electron chi connectivity index (χ3n) is 12.5. The van der Waals surface area contributed by atoms with Crippen LogP contribution in [-0.2, 0) is 5.41 Å². The van der Waals surface area contributed by atoms with Crippen LogP contribution in [0.25, 0.3) is 77.5 Å². The molecule has 0 N–H and O–H groups in total. The Bertz CT molecular complexity index is 3450. The van der Waals surface area contributed by atoms with Gasteiger partial charge in [-0.1, -0.05) is 196 Å². The van der Waals surface area contributed by atoms with Crippen molar-refractivity contribution in [3.63, 3.8) is 0 Å². The Morgan fingerprint density at radius 2 is 0.790 bits per heavy atom. The summed E-state index contributed by atoms with van der Waals surface area (Å²) in [5.41, 5.74) is 16.0. The summed E-state index contributed by atoms with van der Waals surface area (Å²) in [6.45, 7) is 4.59. The van der Waals surface area contributed by atoms with E-state index in [1.807, 2.05) is 83.8 Å². The highest BCUT2D eigenvalue weighted by atomic mass is 15.1. The fourth-order valence-electron chi connectivity index (χ4n) is 9.38. The van der Waals surface area contributed by atoms with Gasteiger partial charge in [0.15, 0.2) is 0 Å². The molecule has 0 aromatic heterocycles. The second-order valence-corrected chi connectivity index (χ2v) is 16.6. The second-order valence-electron chi connectivity index (χ2n) is 16.6. The number of benzene rings is 10. The van der Waals surface area contributed by atoms with Gasteiger partial charge in [0.05, 0.1) is 5.48 Å². The molecule has 294 valence electrons. The molecule has 0 amide bonds. The number of hydrogen-bond donors (Lipinski definition) is 0. The summed E-state index contributed by atoms with van der Waals surface area (Å²) in [5, 5.41) is 2.27. The van der Waals surface area contributed by atoms with Crippen molar-refractivity contribution < 1.29 is 5.48 Å². The van der Waals surface area contributed by atoms with E-state index in [9.17, 15) is 5.48 Å². The molecule has 1 aliphatic carbocycles. The average molecular weight is 796 g/mol. The summed E-state index contributed by atoms with van der Waals surface area (Å²) in [6.07, 6.45) is 0. The van der Waals surface area contributed by atoms with Gasteiger partial charge in [0.1, 0.15) is 0 Å². The van der Waals surface area contributed by atoms with Crippen molar-refractivity contribution in [2.45, 2.75) is 19.3 Å². The number of anilines is 3. The molecule has 0 fully saturated rings. The van der Waals surface area contributed by atoms with Crippen molar-refractivity contribution in [2.24, 2.45) is 0 Å². The Morgan fingerprint density at radius 3 is 1.48 bits per heavy atom. The van der Waals surface area contributed by atoms with E-state index in [0.717, 1.165) is 66.7 Å². The van der Waals surface area contributed by atoms with E-state index in [1.54, 1.807) is 0 Å². The van der Waals surface area contributed by atoms with E-state index >= 15 is 0 Å². The summed E-state index contributed by atoms with van der Waals surface area (Å²) in [7, 11) is 0. The van der Waals surface area contributed by atoms with Crippen LogP contribution < -0.4 is 4.90 Å². The lowest BCUT2D eigenvalue weighted by Gasteiger charge is -2.27. The van der Waals surface area contributed by atoms with Crippen molar-refractivity contribution in [3.05, 3.63) is 248 Å². The molecule has 0 heterocycles. The van der Waals surface area contributed by atoms with Crippen LogP contribution in [0, 0.1) is 0 Å². The zero-order valence-electron chi connectivity index (χ0n) is 38.7. The average Bonchev–Trinajstić information content (AvgIpc) is 3.61. The molecule has 11 rings (SSSR count). The van der Waals surface area contributed by atoms with E-state index in [4.69, 9.17) is 0 Å². The van der Waals surface area contributed by atoms with Gasteiger partial charge in [0.2, 0.25) is 0 Å². The summed E-state index contributed by atoms with van der Waals surface area (Å²) < 4.78 is 38.4. The summed E-state index contributed by atoms with van der Waals surface area (Å²) >= 11 is 0. The van der Waals surface area contributed by atoms with E-state index in [0.29, 0.717) is 5.56 Å². The van der Waals surface area contributed by atoms with Gasteiger partial charge in [0.25, 0.3) is 0 Å². The topological polar surface area (TPSA) is 3.24 Å². The molecule has 0 saturated heterocycles. The molecule has 0 radical (unpaired) electrons. The maximum atomic E-state index is 9.68. The molecule has 10 aromatic rings. The Morgan fingerprint density at radius 1 is 0.323 bits per heavy atom. The fourth-order valence-corrected chi connectivity index (χ4v) is 9.38. The standard InChI is InChI=1S/C61H45N/c1-61(2)59-24-9-8-21-57(59)58-23-12-22-56(60(58)61)46-31-37-55(38-32-46)62(53-33-27-44(28-34-53)49-18-10-17-48(39-49)42-13-4-3-5-14-42)54-35-29-45(30-36-54)50-19-11-20-51(40-50)52-26-25-43-15-6-7-16-47(43)41-52/h3-41H,1-2H3/i29D,30D,35D,36D. The van der Waals surface area contributed by atoms with Gasteiger partial charge in [-0.15, -0.1) is 0 Å². The first-order chi connectivity index (χ1) is 32.2. The molecule has 0 unspecified atom stereocenters. The summed E-state index contributed by atoms with van der Waals surface area (Å²) in [5.74, 6) is 0. The zero-order chi connectivity index (χ0) is 45.1. The monoisotopic (exact) mass is 795 g/mol. The SMILES string of the molecule is [2H]c1c([2H])c(N(c2ccc(-c3cccc(-c4ccccc4)c3)cc2)c2ccc(-c3cccc4c3C(C)(C)c3ccccc3-4)cc2)c([2H])c([2H])c1-c1cccc(-c2ccc3ccccc3c2)c1. The Kier molecular flexibility index (Phi) is 8.19. The van der Waals surface area contributed by atoms with Crippen LogP contribution >= 0.6 is 0 Å². The first-order valence-electron chi connectivity index (χ1n) is 23.3. The molecule has 62 heavy (non-hydrogen) atoms. The van der Waals surface area contributed by atoms with E-state index in [1.165, 1.54) is 22.3 Å². The van der Waals surface area contributed by atoms with E-state index < -0.39 is 0 Å². The van der Waals surface area contributed by atoms with Crippen LogP contribution in [0.1, 0.15) is 30.5 Å². The molecule has 1 heteroatoms. The van der Waals surface area contributed by atoms with Crippen LogP contribution in [0.3, 0.4) is 0 Å². The second kappa shape index (κ2) is 15.4. The molecular weight excluding hydrogens is 747 g/mol. The quantitative estimate of drug-likeness (QED) is 0.148. The maximum absolute atomic E-state index is 9.68. The van der Waals surface area contributed by atoms with Gasteiger partial charge in [-0.2, -0.15) is 0 Å². The third-order valence-corrected chi connectivity index (χ3v) is 12.5. The minimum absolute atomic E-state index is 0.0979. The number of rotatable bonds is 8. The highest BCUT2D eigenvalue weighted by molar-refractivity contribution is 5.90. The Balaban J connectivity index is 1.02. The number of hydrogen-bond acceptors (Lipinski definition) is 1. The van der Waals surface area contributed by atoms with Gasteiger partial charge in [-0.05, 0) is 143 Å². The number of nitrogens with zero attached hydrogens (tertiary/aromatic N) is 1. The molecule has 0 aliphatic heterocycles. The molecule has 0 saturated carbocycles. The number of fused-ring (bicyclic) bond motifs is 4. The van der Waals surface area contributed by atoms with Crippen molar-refractivity contribution >= 4 is 27.8 Å². The summed E-state index contributed by atoms with van der Waals surface area (Å²) in [6, 6.07) is 72.4. The van der Waals surface area contributed by atoms with Crippen molar-refractivity contribution in [1.29, 1.82) is 0 Å². The molecule has 0 spiro atoms. The highest BCUT2D eigenvalue weighted by Gasteiger charge is 2.37. The highest BCUT2D eigenvalue weighted by Crippen LogP contribution is 2.52. The molecule has 1 nitrogen and oxygen atoms in total. The normalized spacial score (nSPS) is 13.4. The first kappa shape index (κ1) is 33.0. The molecule has 0 atom stereocenters. The minimum atomic E-state index is -0.193. The Labute approximate surface area is 370 Å². The maximum Gasteiger partial charge on any atom is 0.0645 e. The van der Waals surface area contributed by atoms with Gasteiger partial charge in [0, 0.05) is 22.5 Å². The van der Waals surface area contributed by atoms with Crippen molar-refractivity contribution in [3.8, 4) is 66.8 Å². The minimum Gasteiger partial charge on any atom is -0.311 e. The van der Waals surface area contributed by atoms with Crippen LogP contribution in [0.4, 0.5) is 17.1 Å². The van der Waals surface area contributed by atoms with Crippen LogP contribution in [0.15, 0.2) is 236 Å². The lowest BCUT2D eigenvalue weighted by Crippen LogP contribution is -2.16. The molecule has 10 aromatic carbocycles. The van der Waals surface area contributed by atoms with Crippen LogP contribution in [0.2, 0.25) is 0 Å². The molecular formula is C61H45N. The lowest BCUT2D eigenvalue weighted by molar-refractivity contribution is 0.662. The largest absolute Gasteiger partial charge is 0.311 e. The zero-order valence-corrected chi connectivity index (χ0v) is 34.7. The van der Waals surface area contributed by atoms with Gasteiger partial charge >= 0.3 is 0 Å². The van der Waals surface area contributed by atoms with Crippen molar-refractivity contribution in [2.75, 3.05) is 4.90 Å². The Hall–Kier alpha value is -7.74. The van der Waals surface area contributed by atoms with Crippen LogP contribution in [0.5, 0.6) is 0 Å². The smallest absolute Gasteiger partial charge is 0.0645 e. The van der Waals surface area contributed by atoms with Crippen molar-refractivity contribution in [1.82, 2.24) is 0 Å². The third kappa shape index (κ3) is 6.69. The van der Waals surface area contributed by atoms with Gasteiger partial charge in [-0.3, -0.25) is 0 Å². The summed E-state index contributed by atoms with van der Waals surface area (Å²) in [4.78, 5) is 1.87. The van der Waals surface area contributed by atoms with E-state index in [-0.39, 0.29) is 40.8 Å².